The Morgan fingerprint density at radius 2 is 2.19 bits per heavy atom. The lowest BCUT2D eigenvalue weighted by molar-refractivity contribution is 0.102. The minimum atomic E-state index is -0.790. The van der Waals surface area contributed by atoms with Crippen LogP contribution in [-0.2, 0) is 0 Å². The Labute approximate surface area is 123 Å². The zero-order valence-corrected chi connectivity index (χ0v) is 12.0. The highest BCUT2D eigenvalue weighted by Gasteiger charge is 2.12. The van der Waals surface area contributed by atoms with Crippen LogP contribution in [0.4, 0.5) is 10.1 Å². The summed E-state index contributed by atoms with van der Waals surface area (Å²) in [5, 5.41) is 2.63. The van der Waals surface area contributed by atoms with Crippen molar-refractivity contribution in [1.82, 2.24) is 4.98 Å². The van der Waals surface area contributed by atoms with E-state index in [0.717, 1.165) is 6.42 Å². The Bertz CT molecular complexity index is 631. The Kier molecular flexibility index (Phi) is 4.87. The summed E-state index contributed by atoms with van der Waals surface area (Å²) in [5.74, 6) is -0.669. The molecule has 1 aromatic heterocycles. The van der Waals surface area contributed by atoms with Crippen molar-refractivity contribution in [3.05, 3.63) is 54.1 Å². The lowest BCUT2D eigenvalue weighted by Crippen LogP contribution is -2.15. The van der Waals surface area contributed by atoms with E-state index in [0.29, 0.717) is 11.4 Å². The van der Waals surface area contributed by atoms with Gasteiger partial charge in [0.25, 0.3) is 5.91 Å². The smallest absolute Gasteiger partial charge is 0.260 e. The number of pyridine rings is 1. The van der Waals surface area contributed by atoms with Crippen molar-refractivity contribution in [1.29, 1.82) is 0 Å². The van der Waals surface area contributed by atoms with E-state index in [2.05, 4.69) is 10.3 Å². The fraction of sp³-hybridized carbons (Fsp3) is 0.250. The SMILES string of the molecule is CCC(C)Oc1cccc(NC(=O)c2cccnc2F)c1. The number of aromatic nitrogens is 1. The monoisotopic (exact) mass is 288 g/mol. The van der Waals surface area contributed by atoms with Crippen molar-refractivity contribution >= 4 is 11.6 Å². The van der Waals surface area contributed by atoms with E-state index in [-0.39, 0.29) is 11.7 Å². The summed E-state index contributed by atoms with van der Waals surface area (Å²) in [6.07, 6.45) is 2.27. The average molecular weight is 288 g/mol. The molecular formula is C16H17FN2O2. The van der Waals surface area contributed by atoms with Crippen molar-refractivity contribution in [3.63, 3.8) is 0 Å². The van der Waals surface area contributed by atoms with E-state index in [1.807, 2.05) is 19.9 Å². The van der Waals surface area contributed by atoms with Gasteiger partial charge >= 0.3 is 0 Å². The van der Waals surface area contributed by atoms with Crippen molar-refractivity contribution < 1.29 is 13.9 Å². The van der Waals surface area contributed by atoms with Crippen LogP contribution < -0.4 is 10.1 Å². The zero-order valence-electron chi connectivity index (χ0n) is 12.0. The number of rotatable bonds is 5. The molecule has 1 amide bonds. The van der Waals surface area contributed by atoms with Gasteiger partial charge in [-0.1, -0.05) is 13.0 Å². The maximum absolute atomic E-state index is 13.4. The molecule has 2 rings (SSSR count). The molecule has 110 valence electrons. The number of carbonyl (C=O) groups excluding carboxylic acids is 1. The van der Waals surface area contributed by atoms with Gasteiger partial charge in [-0.3, -0.25) is 4.79 Å². The molecule has 0 spiro atoms. The molecule has 0 radical (unpaired) electrons. The number of benzene rings is 1. The van der Waals surface area contributed by atoms with E-state index in [9.17, 15) is 9.18 Å². The van der Waals surface area contributed by atoms with Crippen LogP contribution in [0, 0.1) is 5.95 Å². The normalized spacial score (nSPS) is 11.8. The van der Waals surface area contributed by atoms with Gasteiger partial charge in [0.2, 0.25) is 5.95 Å². The third-order valence-corrected chi connectivity index (χ3v) is 3.01. The van der Waals surface area contributed by atoms with Crippen LogP contribution in [0.15, 0.2) is 42.6 Å². The molecule has 0 fully saturated rings. The second kappa shape index (κ2) is 6.83. The van der Waals surface area contributed by atoms with Crippen LogP contribution in [0.3, 0.4) is 0 Å². The third kappa shape index (κ3) is 4.02. The number of nitrogens with one attached hydrogen (secondary N) is 1. The van der Waals surface area contributed by atoms with Gasteiger partial charge in [-0.2, -0.15) is 4.39 Å². The maximum Gasteiger partial charge on any atom is 0.260 e. The van der Waals surface area contributed by atoms with Crippen molar-refractivity contribution in [2.45, 2.75) is 26.4 Å². The second-order valence-corrected chi connectivity index (χ2v) is 4.66. The predicted molar refractivity (Wildman–Crippen MR) is 79.0 cm³/mol. The number of hydrogen-bond acceptors (Lipinski definition) is 3. The Morgan fingerprint density at radius 3 is 2.90 bits per heavy atom. The summed E-state index contributed by atoms with van der Waals surface area (Å²) in [7, 11) is 0. The molecule has 2 aromatic rings. The summed E-state index contributed by atoms with van der Waals surface area (Å²) >= 11 is 0. The predicted octanol–water partition coefficient (Wildman–Crippen LogP) is 3.65. The van der Waals surface area contributed by atoms with Crippen molar-refractivity contribution in [3.8, 4) is 5.75 Å². The van der Waals surface area contributed by atoms with E-state index >= 15 is 0 Å². The molecule has 0 aliphatic rings. The Morgan fingerprint density at radius 1 is 1.38 bits per heavy atom. The third-order valence-electron chi connectivity index (χ3n) is 3.01. The molecule has 1 unspecified atom stereocenters. The number of halogens is 1. The number of amides is 1. The van der Waals surface area contributed by atoms with E-state index < -0.39 is 11.9 Å². The van der Waals surface area contributed by atoms with Gasteiger partial charge < -0.3 is 10.1 Å². The molecule has 5 heteroatoms. The topological polar surface area (TPSA) is 51.2 Å². The van der Waals surface area contributed by atoms with Gasteiger partial charge in [0.15, 0.2) is 0 Å². The molecule has 4 nitrogen and oxygen atoms in total. The van der Waals surface area contributed by atoms with Crippen molar-refractivity contribution in [2.75, 3.05) is 5.32 Å². The highest BCUT2D eigenvalue weighted by Crippen LogP contribution is 2.20. The van der Waals surface area contributed by atoms with Gasteiger partial charge in [-0.25, -0.2) is 4.98 Å². The maximum atomic E-state index is 13.4. The average Bonchev–Trinajstić information content (AvgIpc) is 2.47. The summed E-state index contributed by atoms with van der Waals surface area (Å²) in [5.41, 5.74) is 0.454. The Balaban J connectivity index is 2.11. The second-order valence-electron chi connectivity index (χ2n) is 4.66. The first-order valence-corrected chi connectivity index (χ1v) is 6.78. The lowest BCUT2D eigenvalue weighted by Gasteiger charge is -2.13. The van der Waals surface area contributed by atoms with Crippen LogP contribution in [0.2, 0.25) is 0 Å². The van der Waals surface area contributed by atoms with Crippen LogP contribution in [0.5, 0.6) is 5.75 Å². The molecule has 1 N–H and O–H groups in total. The summed E-state index contributed by atoms with van der Waals surface area (Å²) in [6.45, 7) is 4.00. The standard InChI is InChI=1S/C16H17FN2O2/c1-3-11(2)21-13-7-4-6-12(10-13)19-16(20)14-8-5-9-18-15(14)17/h4-11H,3H2,1-2H3,(H,19,20). The van der Waals surface area contributed by atoms with Crippen LogP contribution in [0.1, 0.15) is 30.6 Å². The quantitative estimate of drug-likeness (QED) is 0.854. The van der Waals surface area contributed by atoms with Gasteiger partial charge in [0.05, 0.1) is 11.7 Å². The molecule has 0 aliphatic carbocycles. The van der Waals surface area contributed by atoms with Crippen LogP contribution in [-0.4, -0.2) is 17.0 Å². The molecule has 1 heterocycles. The molecule has 21 heavy (non-hydrogen) atoms. The fourth-order valence-electron chi connectivity index (χ4n) is 1.72. The summed E-state index contributed by atoms with van der Waals surface area (Å²) < 4.78 is 19.1. The molecule has 0 saturated carbocycles. The van der Waals surface area contributed by atoms with E-state index in [1.54, 1.807) is 18.2 Å². The fourth-order valence-corrected chi connectivity index (χ4v) is 1.72. The molecule has 0 saturated heterocycles. The van der Waals surface area contributed by atoms with Crippen molar-refractivity contribution in [2.24, 2.45) is 0 Å². The minimum absolute atomic E-state index is 0.0896. The van der Waals surface area contributed by atoms with E-state index in [1.165, 1.54) is 18.3 Å². The first-order valence-electron chi connectivity index (χ1n) is 6.78. The van der Waals surface area contributed by atoms with Crippen LogP contribution >= 0.6 is 0 Å². The largest absolute Gasteiger partial charge is 0.491 e. The highest BCUT2D eigenvalue weighted by atomic mass is 19.1. The first kappa shape index (κ1) is 15.0. The number of ether oxygens (including phenoxy) is 1. The summed E-state index contributed by atoms with van der Waals surface area (Å²) in [4.78, 5) is 15.5. The number of anilines is 1. The molecule has 1 atom stereocenters. The first-order chi connectivity index (χ1) is 10.1. The minimum Gasteiger partial charge on any atom is -0.491 e. The molecule has 0 aliphatic heterocycles. The summed E-state index contributed by atoms with van der Waals surface area (Å²) in [6, 6.07) is 9.91. The van der Waals surface area contributed by atoms with Gasteiger partial charge in [-0.05, 0) is 37.6 Å². The number of carbonyl (C=O) groups is 1. The number of nitrogens with zero attached hydrogens (tertiary/aromatic N) is 1. The molecule has 1 aromatic carbocycles. The Hall–Kier alpha value is -2.43. The van der Waals surface area contributed by atoms with E-state index in [4.69, 9.17) is 4.74 Å². The zero-order chi connectivity index (χ0) is 15.2. The van der Waals surface area contributed by atoms with Gasteiger partial charge in [-0.15, -0.1) is 0 Å². The van der Waals surface area contributed by atoms with Gasteiger partial charge in [0.1, 0.15) is 5.75 Å². The molecular weight excluding hydrogens is 271 g/mol. The highest BCUT2D eigenvalue weighted by molar-refractivity contribution is 6.04. The van der Waals surface area contributed by atoms with Crippen LogP contribution in [0.25, 0.3) is 0 Å². The van der Waals surface area contributed by atoms with Gasteiger partial charge in [0, 0.05) is 18.0 Å². The number of hydrogen-bond donors (Lipinski definition) is 1. The molecule has 0 bridgehead atoms. The lowest BCUT2D eigenvalue weighted by atomic mass is 10.2.